The van der Waals surface area contributed by atoms with E-state index in [4.69, 9.17) is 0 Å². The first-order valence-electron chi connectivity index (χ1n) is 9.77. The Morgan fingerprint density at radius 2 is 1.54 bits per heavy atom. The molecular weight excluding hydrogens is 350 g/mol. The number of urea groups is 1. The van der Waals surface area contributed by atoms with Gasteiger partial charge in [-0.15, -0.1) is 0 Å². The third-order valence-corrected chi connectivity index (χ3v) is 4.72. The average Bonchev–Trinajstić information content (AvgIpc) is 2.67. The molecule has 3 amide bonds. The van der Waals surface area contributed by atoms with E-state index in [-0.39, 0.29) is 29.8 Å². The number of rotatable bonds is 9. The van der Waals surface area contributed by atoms with Crippen molar-refractivity contribution in [1.82, 2.24) is 16.0 Å². The van der Waals surface area contributed by atoms with Crippen LogP contribution in [0.25, 0.3) is 0 Å². The summed E-state index contributed by atoms with van der Waals surface area (Å²) in [6, 6.07) is 19.8. The lowest BCUT2D eigenvalue weighted by Crippen LogP contribution is -2.44. The summed E-state index contributed by atoms with van der Waals surface area (Å²) in [5, 5.41) is 8.56. The van der Waals surface area contributed by atoms with Gasteiger partial charge in [-0.3, -0.25) is 4.79 Å². The largest absolute Gasteiger partial charge is 0.352 e. The summed E-state index contributed by atoms with van der Waals surface area (Å²) in [6.45, 7) is 7.15. The molecule has 2 rings (SSSR count). The van der Waals surface area contributed by atoms with Gasteiger partial charge in [-0.25, -0.2) is 4.79 Å². The van der Waals surface area contributed by atoms with Gasteiger partial charge in [0.1, 0.15) is 0 Å². The smallest absolute Gasteiger partial charge is 0.315 e. The van der Waals surface area contributed by atoms with E-state index in [1.807, 2.05) is 55.5 Å². The van der Waals surface area contributed by atoms with Crippen molar-refractivity contribution < 1.29 is 9.59 Å². The third-order valence-electron chi connectivity index (χ3n) is 4.72. The number of amides is 3. The van der Waals surface area contributed by atoms with Crippen molar-refractivity contribution in [2.24, 2.45) is 0 Å². The molecule has 0 aliphatic carbocycles. The van der Waals surface area contributed by atoms with Crippen molar-refractivity contribution in [1.29, 1.82) is 0 Å². The number of hydrogen-bond donors (Lipinski definition) is 3. The number of hydrogen-bond acceptors (Lipinski definition) is 2. The van der Waals surface area contributed by atoms with Gasteiger partial charge in [-0.05, 0) is 29.9 Å². The van der Waals surface area contributed by atoms with E-state index >= 15 is 0 Å². The zero-order valence-electron chi connectivity index (χ0n) is 17.0. The van der Waals surface area contributed by atoms with Crippen LogP contribution in [0.1, 0.15) is 44.7 Å². The Kier molecular flexibility index (Phi) is 8.05. The third kappa shape index (κ3) is 7.43. The van der Waals surface area contributed by atoms with Crippen LogP contribution in [0.5, 0.6) is 0 Å². The van der Waals surface area contributed by atoms with Crippen LogP contribution in [0.2, 0.25) is 0 Å². The molecule has 0 saturated carbocycles. The summed E-state index contributed by atoms with van der Waals surface area (Å²) in [5.74, 6) is -0.0811. The van der Waals surface area contributed by atoms with Crippen LogP contribution in [0, 0.1) is 0 Å². The molecule has 0 aliphatic heterocycles. The Labute approximate surface area is 167 Å². The van der Waals surface area contributed by atoms with Gasteiger partial charge < -0.3 is 16.0 Å². The molecule has 0 aliphatic rings. The number of carbonyl (C=O) groups is 2. The molecule has 2 aromatic carbocycles. The van der Waals surface area contributed by atoms with Gasteiger partial charge in [0, 0.05) is 25.6 Å². The predicted octanol–water partition coefficient (Wildman–Crippen LogP) is 3.75. The Balaban J connectivity index is 1.65. The molecule has 0 heterocycles. The fourth-order valence-corrected chi connectivity index (χ4v) is 3.27. The van der Waals surface area contributed by atoms with Crippen molar-refractivity contribution in [2.45, 2.75) is 51.6 Å². The van der Waals surface area contributed by atoms with E-state index < -0.39 is 0 Å². The van der Waals surface area contributed by atoms with Gasteiger partial charge in [0.25, 0.3) is 0 Å². The van der Waals surface area contributed by atoms with E-state index in [2.05, 4.69) is 41.9 Å². The van der Waals surface area contributed by atoms with Gasteiger partial charge in [0.15, 0.2) is 0 Å². The molecule has 3 N–H and O–H groups in total. The standard InChI is InChI=1S/C23H31N3O2/c1-18(16-23(2,3)20-12-8-5-9-13-20)26-22(28)24-15-14-21(27)25-17-19-10-6-4-7-11-19/h4-13,18H,14-17H2,1-3H3,(H,25,27)(H2,24,26,28)/t18-/m1/s1. The van der Waals surface area contributed by atoms with Crippen LogP contribution in [-0.4, -0.2) is 24.5 Å². The Morgan fingerprint density at radius 1 is 0.929 bits per heavy atom. The molecule has 5 heteroatoms. The van der Waals surface area contributed by atoms with Gasteiger partial charge in [0.05, 0.1) is 0 Å². The molecule has 0 aromatic heterocycles. The molecular formula is C23H31N3O2. The van der Waals surface area contributed by atoms with Crippen molar-refractivity contribution in [3.05, 3.63) is 71.8 Å². The first-order chi connectivity index (χ1) is 13.4. The van der Waals surface area contributed by atoms with E-state index in [9.17, 15) is 9.59 Å². The Bertz CT molecular complexity index is 745. The molecule has 0 bridgehead atoms. The van der Waals surface area contributed by atoms with Crippen LogP contribution in [0.15, 0.2) is 60.7 Å². The first kappa shape index (κ1) is 21.5. The van der Waals surface area contributed by atoms with Crippen LogP contribution in [0.3, 0.4) is 0 Å². The normalized spacial score (nSPS) is 12.1. The zero-order valence-corrected chi connectivity index (χ0v) is 17.0. The maximum atomic E-state index is 12.1. The van der Waals surface area contributed by atoms with Crippen LogP contribution in [0.4, 0.5) is 4.79 Å². The van der Waals surface area contributed by atoms with Crippen LogP contribution >= 0.6 is 0 Å². The number of carbonyl (C=O) groups excluding carboxylic acids is 2. The second-order valence-corrected chi connectivity index (χ2v) is 7.77. The molecule has 0 radical (unpaired) electrons. The minimum atomic E-state index is -0.243. The summed E-state index contributed by atoms with van der Waals surface area (Å²) in [5.41, 5.74) is 2.27. The highest BCUT2D eigenvalue weighted by molar-refractivity contribution is 5.78. The maximum absolute atomic E-state index is 12.1. The van der Waals surface area contributed by atoms with E-state index in [1.165, 1.54) is 5.56 Å². The second kappa shape index (κ2) is 10.5. The van der Waals surface area contributed by atoms with E-state index in [1.54, 1.807) is 0 Å². The Hall–Kier alpha value is -2.82. The molecule has 0 spiro atoms. The highest BCUT2D eigenvalue weighted by Gasteiger charge is 2.23. The predicted molar refractivity (Wildman–Crippen MR) is 113 cm³/mol. The molecule has 0 fully saturated rings. The molecule has 0 saturated heterocycles. The average molecular weight is 382 g/mol. The lowest BCUT2D eigenvalue weighted by Gasteiger charge is -2.29. The number of nitrogens with one attached hydrogen (secondary N) is 3. The van der Waals surface area contributed by atoms with Gasteiger partial charge in [0.2, 0.25) is 5.91 Å². The minimum absolute atomic E-state index is 0.0158. The lowest BCUT2D eigenvalue weighted by molar-refractivity contribution is -0.121. The van der Waals surface area contributed by atoms with Gasteiger partial charge >= 0.3 is 6.03 Å². The topological polar surface area (TPSA) is 70.2 Å². The lowest BCUT2D eigenvalue weighted by atomic mass is 9.79. The molecule has 28 heavy (non-hydrogen) atoms. The monoisotopic (exact) mass is 381 g/mol. The summed E-state index contributed by atoms with van der Waals surface area (Å²) < 4.78 is 0. The quantitative estimate of drug-likeness (QED) is 0.619. The summed E-state index contributed by atoms with van der Waals surface area (Å²) >= 11 is 0. The summed E-state index contributed by atoms with van der Waals surface area (Å²) in [6.07, 6.45) is 1.08. The van der Waals surface area contributed by atoms with Crippen molar-refractivity contribution in [3.63, 3.8) is 0 Å². The van der Waals surface area contributed by atoms with Crippen molar-refractivity contribution in [2.75, 3.05) is 6.54 Å². The molecule has 0 unspecified atom stereocenters. The number of benzene rings is 2. The molecule has 150 valence electrons. The van der Waals surface area contributed by atoms with Crippen molar-refractivity contribution in [3.8, 4) is 0 Å². The van der Waals surface area contributed by atoms with E-state index in [0.29, 0.717) is 13.1 Å². The van der Waals surface area contributed by atoms with E-state index in [0.717, 1.165) is 12.0 Å². The molecule has 1 atom stereocenters. The minimum Gasteiger partial charge on any atom is -0.352 e. The second-order valence-electron chi connectivity index (χ2n) is 7.77. The fraction of sp³-hybridized carbons (Fsp3) is 0.391. The van der Waals surface area contributed by atoms with Crippen LogP contribution in [-0.2, 0) is 16.8 Å². The Morgan fingerprint density at radius 3 is 2.18 bits per heavy atom. The van der Waals surface area contributed by atoms with Gasteiger partial charge in [-0.2, -0.15) is 0 Å². The highest BCUT2D eigenvalue weighted by Crippen LogP contribution is 2.28. The zero-order chi connectivity index (χ0) is 20.4. The molecule has 5 nitrogen and oxygen atoms in total. The van der Waals surface area contributed by atoms with Crippen molar-refractivity contribution >= 4 is 11.9 Å². The summed E-state index contributed by atoms with van der Waals surface area (Å²) in [4.78, 5) is 24.0. The summed E-state index contributed by atoms with van der Waals surface area (Å²) in [7, 11) is 0. The highest BCUT2D eigenvalue weighted by atomic mass is 16.2. The van der Waals surface area contributed by atoms with Gasteiger partial charge in [-0.1, -0.05) is 74.5 Å². The van der Waals surface area contributed by atoms with Crippen LogP contribution < -0.4 is 16.0 Å². The first-order valence-corrected chi connectivity index (χ1v) is 9.77. The maximum Gasteiger partial charge on any atom is 0.315 e. The fourth-order valence-electron chi connectivity index (χ4n) is 3.27. The molecule has 2 aromatic rings. The SMILES string of the molecule is C[C@H](CC(C)(C)c1ccccc1)NC(=O)NCCC(=O)NCc1ccccc1.